The molecule has 190 valence electrons. The summed E-state index contributed by atoms with van der Waals surface area (Å²) < 4.78 is 5.37. The average molecular weight is 498 g/mol. The zero-order chi connectivity index (χ0) is 26.0. The third-order valence-electron chi connectivity index (χ3n) is 6.28. The number of carbonyl (C=O) groups excluding carboxylic acids is 3. The molecule has 4 aromatic rings. The molecule has 1 atom stereocenters. The number of hydrogen-bond acceptors (Lipinski definition) is 4. The molecule has 0 saturated heterocycles. The van der Waals surface area contributed by atoms with Crippen molar-refractivity contribution in [2.45, 2.75) is 31.7 Å². The fraction of sp³-hybridized carbons (Fsp3) is 0.233. The third-order valence-corrected chi connectivity index (χ3v) is 6.28. The van der Waals surface area contributed by atoms with Gasteiger partial charge in [-0.2, -0.15) is 0 Å². The molecule has 1 unspecified atom stereocenters. The van der Waals surface area contributed by atoms with E-state index >= 15 is 0 Å². The summed E-state index contributed by atoms with van der Waals surface area (Å²) in [4.78, 5) is 41.2. The minimum Gasteiger partial charge on any atom is -0.496 e. The number of aromatic amines is 1. The van der Waals surface area contributed by atoms with Crippen molar-refractivity contribution < 1.29 is 19.1 Å². The second-order valence-electron chi connectivity index (χ2n) is 8.91. The van der Waals surface area contributed by atoms with Crippen molar-refractivity contribution in [3.05, 3.63) is 102 Å². The largest absolute Gasteiger partial charge is 0.496 e. The molecule has 7 nitrogen and oxygen atoms in total. The first kappa shape index (κ1) is 25.7. The molecule has 1 aromatic heterocycles. The lowest BCUT2D eigenvalue weighted by atomic mass is 10.0. The van der Waals surface area contributed by atoms with Gasteiger partial charge in [-0.3, -0.25) is 14.4 Å². The number of ether oxygens (including phenoxy) is 1. The summed E-state index contributed by atoms with van der Waals surface area (Å²) in [7, 11) is 1.61. The quantitative estimate of drug-likeness (QED) is 0.201. The predicted molar refractivity (Wildman–Crippen MR) is 144 cm³/mol. The Bertz CT molecular complexity index is 1360. The fourth-order valence-electron chi connectivity index (χ4n) is 4.37. The molecule has 7 heteroatoms. The normalized spacial score (nSPS) is 11.6. The molecule has 4 rings (SSSR count). The zero-order valence-corrected chi connectivity index (χ0v) is 20.8. The van der Waals surface area contributed by atoms with Gasteiger partial charge in [0, 0.05) is 35.6 Å². The summed E-state index contributed by atoms with van der Waals surface area (Å²) in [6, 6.07) is 23.9. The number of aryl methyl sites for hydroxylation is 1. The standard InChI is InChI=1S/C30H31N3O4/c1-37-28-14-8-5-11-22(28)15-16-29(35)32-20-24(17-23-19-31-26-13-7-6-12-25(23)26)33-30(36)18-27(34)21-9-3-2-4-10-21/h2-14,19,24,31H,15-18,20H2,1H3,(H,32,35)(H,33,36). The van der Waals surface area contributed by atoms with E-state index in [9.17, 15) is 14.4 Å². The summed E-state index contributed by atoms with van der Waals surface area (Å²) in [5.41, 5.74) is 3.49. The van der Waals surface area contributed by atoms with Crippen LogP contribution in [-0.4, -0.2) is 42.3 Å². The van der Waals surface area contributed by atoms with E-state index < -0.39 is 0 Å². The Morgan fingerprint density at radius 3 is 2.41 bits per heavy atom. The van der Waals surface area contributed by atoms with Crippen LogP contribution in [-0.2, 0) is 22.4 Å². The highest BCUT2D eigenvalue weighted by atomic mass is 16.5. The highest BCUT2D eigenvalue weighted by molar-refractivity contribution is 6.07. The molecule has 0 saturated carbocycles. The topological polar surface area (TPSA) is 100 Å². The number of fused-ring (bicyclic) bond motifs is 1. The summed E-state index contributed by atoms with van der Waals surface area (Å²) in [5, 5.41) is 6.97. The molecule has 3 N–H and O–H groups in total. The third kappa shape index (κ3) is 7.07. The number of para-hydroxylation sites is 2. The highest BCUT2D eigenvalue weighted by Crippen LogP contribution is 2.20. The van der Waals surface area contributed by atoms with Gasteiger partial charge in [-0.15, -0.1) is 0 Å². The lowest BCUT2D eigenvalue weighted by Crippen LogP contribution is -2.45. The van der Waals surface area contributed by atoms with E-state index in [1.807, 2.05) is 60.8 Å². The van der Waals surface area contributed by atoms with E-state index in [1.54, 1.807) is 31.4 Å². The van der Waals surface area contributed by atoms with Gasteiger partial charge in [0.1, 0.15) is 5.75 Å². The van der Waals surface area contributed by atoms with Crippen molar-refractivity contribution in [3.63, 3.8) is 0 Å². The minimum absolute atomic E-state index is 0.121. The number of amides is 2. The zero-order valence-electron chi connectivity index (χ0n) is 20.8. The fourth-order valence-corrected chi connectivity index (χ4v) is 4.37. The van der Waals surface area contributed by atoms with E-state index in [1.165, 1.54) is 0 Å². The second kappa shape index (κ2) is 12.5. The molecule has 37 heavy (non-hydrogen) atoms. The van der Waals surface area contributed by atoms with Gasteiger partial charge in [-0.05, 0) is 36.1 Å². The van der Waals surface area contributed by atoms with Crippen molar-refractivity contribution in [3.8, 4) is 5.75 Å². The van der Waals surface area contributed by atoms with Crippen molar-refractivity contribution in [1.29, 1.82) is 0 Å². The van der Waals surface area contributed by atoms with Gasteiger partial charge in [-0.1, -0.05) is 66.7 Å². The first-order valence-corrected chi connectivity index (χ1v) is 12.3. The van der Waals surface area contributed by atoms with Crippen molar-refractivity contribution in [2.24, 2.45) is 0 Å². The minimum atomic E-state index is -0.384. The average Bonchev–Trinajstić information content (AvgIpc) is 3.33. The molecule has 0 aliphatic rings. The summed E-state index contributed by atoms with van der Waals surface area (Å²) in [5.74, 6) is 0.0130. The monoisotopic (exact) mass is 497 g/mol. The Hall–Kier alpha value is -4.39. The molecule has 0 fully saturated rings. The summed E-state index contributed by atoms with van der Waals surface area (Å²) in [6.07, 6.45) is 3.00. The Labute approximate surface area is 216 Å². The van der Waals surface area contributed by atoms with Gasteiger partial charge < -0.3 is 20.4 Å². The van der Waals surface area contributed by atoms with Gasteiger partial charge in [0.2, 0.25) is 11.8 Å². The molecule has 0 bridgehead atoms. The Morgan fingerprint density at radius 1 is 0.865 bits per heavy atom. The molecular weight excluding hydrogens is 466 g/mol. The van der Waals surface area contributed by atoms with Crippen molar-refractivity contribution >= 4 is 28.5 Å². The van der Waals surface area contributed by atoms with Crippen LogP contribution in [0.15, 0.2) is 85.1 Å². The summed E-state index contributed by atoms with van der Waals surface area (Å²) >= 11 is 0. The molecule has 0 aliphatic heterocycles. The number of hydrogen-bond donors (Lipinski definition) is 3. The van der Waals surface area contributed by atoms with Crippen LogP contribution in [0, 0.1) is 0 Å². The highest BCUT2D eigenvalue weighted by Gasteiger charge is 2.19. The van der Waals surface area contributed by atoms with Gasteiger partial charge in [0.15, 0.2) is 5.78 Å². The molecule has 0 radical (unpaired) electrons. The molecule has 0 aliphatic carbocycles. The van der Waals surface area contributed by atoms with Gasteiger partial charge >= 0.3 is 0 Å². The van der Waals surface area contributed by atoms with Crippen molar-refractivity contribution in [1.82, 2.24) is 15.6 Å². The first-order valence-electron chi connectivity index (χ1n) is 12.3. The lowest BCUT2D eigenvalue weighted by molar-refractivity contribution is -0.123. The van der Waals surface area contributed by atoms with Crippen molar-refractivity contribution in [2.75, 3.05) is 13.7 Å². The Morgan fingerprint density at radius 2 is 1.59 bits per heavy atom. The van der Waals surface area contributed by atoms with Crippen LogP contribution in [0.2, 0.25) is 0 Å². The van der Waals surface area contributed by atoms with Crippen LogP contribution in [0.25, 0.3) is 10.9 Å². The molecule has 0 spiro atoms. The van der Waals surface area contributed by atoms with Crippen LogP contribution >= 0.6 is 0 Å². The number of benzene rings is 3. The van der Waals surface area contributed by atoms with E-state index in [-0.39, 0.29) is 36.6 Å². The predicted octanol–water partition coefficient (Wildman–Crippen LogP) is 4.23. The smallest absolute Gasteiger partial charge is 0.228 e. The number of methoxy groups -OCH3 is 1. The molecule has 1 heterocycles. The molecular formula is C30H31N3O4. The maximum atomic E-state index is 12.8. The van der Waals surface area contributed by atoms with Crippen LogP contribution in [0.4, 0.5) is 0 Å². The SMILES string of the molecule is COc1ccccc1CCC(=O)NCC(Cc1c[nH]c2ccccc12)NC(=O)CC(=O)c1ccccc1. The number of rotatable bonds is 12. The first-order chi connectivity index (χ1) is 18.0. The van der Waals surface area contributed by atoms with Crippen LogP contribution in [0.1, 0.15) is 34.3 Å². The second-order valence-corrected chi connectivity index (χ2v) is 8.91. The van der Waals surface area contributed by atoms with Gasteiger partial charge in [0.25, 0.3) is 0 Å². The maximum absolute atomic E-state index is 12.8. The maximum Gasteiger partial charge on any atom is 0.228 e. The van der Waals surface area contributed by atoms with Crippen LogP contribution in [0.3, 0.4) is 0 Å². The van der Waals surface area contributed by atoms with E-state index in [0.29, 0.717) is 24.8 Å². The number of Topliss-reactive ketones (excluding diaryl/α,β-unsaturated/α-hetero) is 1. The van der Waals surface area contributed by atoms with Crippen LogP contribution < -0.4 is 15.4 Å². The Balaban J connectivity index is 1.39. The summed E-state index contributed by atoms with van der Waals surface area (Å²) in [6.45, 7) is 0.246. The van der Waals surface area contributed by atoms with E-state index in [2.05, 4.69) is 15.6 Å². The molecule has 2 amide bonds. The van der Waals surface area contributed by atoms with Gasteiger partial charge in [0.05, 0.1) is 19.6 Å². The number of aromatic nitrogens is 1. The Kier molecular flexibility index (Phi) is 8.70. The molecule has 3 aromatic carbocycles. The van der Waals surface area contributed by atoms with E-state index in [0.717, 1.165) is 27.8 Å². The van der Waals surface area contributed by atoms with Crippen LogP contribution in [0.5, 0.6) is 5.75 Å². The number of H-pyrrole nitrogens is 1. The number of ketones is 1. The van der Waals surface area contributed by atoms with Gasteiger partial charge in [-0.25, -0.2) is 0 Å². The lowest BCUT2D eigenvalue weighted by Gasteiger charge is -2.19. The number of carbonyl (C=O) groups is 3. The number of nitrogens with one attached hydrogen (secondary N) is 3. The van der Waals surface area contributed by atoms with E-state index in [4.69, 9.17) is 4.74 Å².